The third kappa shape index (κ3) is 1.60. The second kappa shape index (κ2) is 3.74. The van der Waals surface area contributed by atoms with Gasteiger partial charge in [-0.05, 0) is 43.4 Å². The number of pyridine rings is 1. The van der Waals surface area contributed by atoms with Crippen molar-refractivity contribution in [3.63, 3.8) is 0 Å². The van der Waals surface area contributed by atoms with E-state index in [0.29, 0.717) is 0 Å². The van der Waals surface area contributed by atoms with Crippen molar-refractivity contribution < 1.29 is 4.79 Å². The van der Waals surface area contributed by atoms with Crippen molar-refractivity contribution in [3.8, 4) is 0 Å². The topological polar surface area (TPSA) is 30.0 Å². The van der Waals surface area contributed by atoms with Crippen LogP contribution in [0, 0.1) is 6.92 Å². The highest BCUT2D eigenvalue weighted by Gasteiger charge is 2.16. The Hall–Kier alpha value is -1.44. The number of hydrogen-bond donors (Lipinski definition) is 0. The minimum atomic E-state index is 0.160. The molecule has 2 rings (SSSR count). The van der Waals surface area contributed by atoms with Crippen molar-refractivity contribution in [2.75, 3.05) is 0 Å². The molecular formula is C12H13NO. The molecular weight excluding hydrogens is 174 g/mol. The maximum atomic E-state index is 12.0. The third-order valence-corrected chi connectivity index (χ3v) is 2.62. The quantitative estimate of drug-likeness (QED) is 0.666. The lowest BCUT2D eigenvalue weighted by Gasteiger charge is -2.03. The summed E-state index contributed by atoms with van der Waals surface area (Å²) in [6.07, 6.45) is 8.51. The first-order chi connectivity index (χ1) is 6.79. The number of hydrogen-bond acceptors (Lipinski definition) is 2. The fourth-order valence-corrected chi connectivity index (χ4v) is 1.75. The number of aryl methyl sites for hydroxylation is 1. The Morgan fingerprint density at radius 1 is 1.50 bits per heavy atom. The van der Waals surface area contributed by atoms with Gasteiger partial charge in [-0.3, -0.25) is 9.78 Å². The van der Waals surface area contributed by atoms with E-state index in [1.807, 2.05) is 13.0 Å². The molecule has 0 spiro atoms. The summed E-state index contributed by atoms with van der Waals surface area (Å²) in [5.74, 6) is 0.160. The molecule has 1 heterocycles. The molecule has 0 radical (unpaired) electrons. The molecule has 0 amide bonds. The average Bonchev–Trinajstić information content (AvgIpc) is 2.70. The molecule has 0 saturated carbocycles. The van der Waals surface area contributed by atoms with Gasteiger partial charge in [0.05, 0.1) is 0 Å². The van der Waals surface area contributed by atoms with Crippen molar-refractivity contribution in [1.29, 1.82) is 0 Å². The SMILES string of the molecule is Cc1ccncc1C(=O)C1=CCCC1. The minimum absolute atomic E-state index is 0.160. The molecule has 1 aliphatic carbocycles. The monoisotopic (exact) mass is 187 g/mol. The fourth-order valence-electron chi connectivity index (χ4n) is 1.75. The van der Waals surface area contributed by atoms with E-state index >= 15 is 0 Å². The molecule has 0 saturated heterocycles. The lowest BCUT2D eigenvalue weighted by molar-refractivity contribution is 0.103. The van der Waals surface area contributed by atoms with Crippen molar-refractivity contribution in [2.45, 2.75) is 26.2 Å². The zero-order valence-electron chi connectivity index (χ0n) is 8.29. The summed E-state index contributed by atoms with van der Waals surface area (Å²) in [6.45, 7) is 1.95. The normalized spacial score (nSPS) is 15.4. The van der Waals surface area contributed by atoms with Crippen LogP contribution in [0.15, 0.2) is 30.1 Å². The fraction of sp³-hybridized carbons (Fsp3) is 0.333. The second-order valence-electron chi connectivity index (χ2n) is 3.64. The number of carbonyl (C=O) groups is 1. The number of aromatic nitrogens is 1. The van der Waals surface area contributed by atoms with Crippen LogP contribution in [-0.4, -0.2) is 10.8 Å². The Bertz CT molecular complexity index is 393. The number of ketones is 1. The van der Waals surface area contributed by atoms with E-state index in [1.165, 1.54) is 0 Å². The van der Waals surface area contributed by atoms with Crippen LogP contribution in [0.3, 0.4) is 0 Å². The summed E-state index contributed by atoms with van der Waals surface area (Å²) < 4.78 is 0. The Morgan fingerprint density at radius 3 is 3.00 bits per heavy atom. The van der Waals surface area contributed by atoms with E-state index in [2.05, 4.69) is 11.1 Å². The van der Waals surface area contributed by atoms with Gasteiger partial charge in [-0.2, -0.15) is 0 Å². The van der Waals surface area contributed by atoms with Gasteiger partial charge < -0.3 is 0 Å². The van der Waals surface area contributed by atoms with Gasteiger partial charge in [0.1, 0.15) is 0 Å². The Labute approximate surface area is 83.7 Å². The van der Waals surface area contributed by atoms with Gasteiger partial charge in [-0.25, -0.2) is 0 Å². The van der Waals surface area contributed by atoms with Crippen molar-refractivity contribution in [1.82, 2.24) is 4.98 Å². The van der Waals surface area contributed by atoms with Gasteiger partial charge in [0.2, 0.25) is 0 Å². The van der Waals surface area contributed by atoms with Gasteiger partial charge >= 0.3 is 0 Å². The van der Waals surface area contributed by atoms with Gasteiger partial charge in [0.25, 0.3) is 0 Å². The molecule has 0 N–H and O–H groups in total. The van der Waals surface area contributed by atoms with Gasteiger partial charge in [0, 0.05) is 18.0 Å². The van der Waals surface area contributed by atoms with Gasteiger partial charge in [-0.15, -0.1) is 0 Å². The van der Waals surface area contributed by atoms with Crippen LogP contribution in [0.1, 0.15) is 35.2 Å². The molecule has 0 fully saturated rings. The van der Waals surface area contributed by atoms with Gasteiger partial charge in [-0.1, -0.05) is 6.08 Å². The van der Waals surface area contributed by atoms with Crippen molar-refractivity contribution in [3.05, 3.63) is 41.2 Å². The molecule has 14 heavy (non-hydrogen) atoms. The summed E-state index contributed by atoms with van der Waals surface area (Å²) in [6, 6.07) is 1.88. The molecule has 0 atom stereocenters. The highest BCUT2D eigenvalue weighted by molar-refractivity contribution is 6.09. The number of rotatable bonds is 2. The largest absolute Gasteiger partial charge is 0.289 e. The molecule has 0 unspecified atom stereocenters. The Morgan fingerprint density at radius 2 is 2.36 bits per heavy atom. The number of Topliss-reactive ketones (excluding diaryl/α,β-unsaturated/α-hetero) is 1. The van der Waals surface area contributed by atoms with E-state index < -0.39 is 0 Å². The minimum Gasteiger partial charge on any atom is -0.289 e. The number of carbonyl (C=O) groups excluding carboxylic acids is 1. The molecule has 1 aromatic rings. The highest BCUT2D eigenvalue weighted by Crippen LogP contribution is 2.22. The summed E-state index contributed by atoms with van der Waals surface area (Å²) in [4.78, 5) is 15.9. The second-order valence-corrected chi connectivity index (χ2v) is 3.64. The van der Waals surface area contributed by atoms with Crippen LogP contribution in [0.2, 0.25) is 0 Å². The zero-order valence-corrected chi connectivity index (χ0v) is 8.29. The molecule has 72 valence electrons. The molecule has 1 aliphatic rings. The van der Waals surface area contributed by atoms with E-state index in [4.69, 9.17) is 0 Å². The van der Waals surface area contributed by atoms with Crippen LogP contribution in [-0.2, 0) is 0 Å². The van der Waals surface area contributed by atoms with Crippen LogP contribution < -0.4 is 0 Å². The predicted molar refractivity (Wildman–Crippen MR) is 55.2 cm³/mol. The van der Waals surface area contributed by atoms with Crippen LogP contribution in [0.25, 0.3) is 0 Å². The van der Waals surface area contributed by atoms with E-state index in [1.54, 1.807) is 12.4 Å². The molecule has 2 heteroatoms. The Balaban J connectivity index is 2.31. The number of nitrogens with zero attached hydrogens (tertiary/aromatic N) is 1. The van der Waals surface area contributed by atoms with Crippen molar-refractivity contribution >= 4 is 5.78 Å². The van der Waals surface area contributed by atoms with Crippen LogP contribution in [0.4, 0.5) is 0 Å². The first-order valence-corrected chi connectivity index (χ1v) is 4.93. The van der Waals surface area contributed by atoms with Crippen LogP contribution >= 0.6 is 0 Å². The zero-order chi connectivity index (χ0) is 9.97. The maximum absolute atomic E-state index is 12.0. The van der Waals surface area contributed by atoms with E-state index in [9.17, 15) is 4.79 Å². The summed E-state index contributed by atoms with van der Waals surface area (Å²) in [5, 5.41) is 0. The van der Waals surface area contributed by atoms with Crippen molar-refractivity contribution in [2.24, 2.45) is 0 Å². The molecule has 2 nitrogen and oxygen atoms in total. The Kier molecular flexibility index (Phi) is 2.44. The van der Waals surface area contributed by atoms with E-state index in [0.717, 1.165) is 36.0 Å². The third-order valence-electron chi connectivity index (χ3n) is 2.62. The predicted octanol–water partition coefficient (Wildman–Crippen LogP) is 2.68. The lowest BCUT2D eigenvalue weighted by Crippen LogP contribution is -2.04. The summed E-state index contributed by atoms with van der Waals surface area (Å²) in [5.41, 5.74) is 2.72. The smallest absolute Gasteiger partial charge is 0.190 e. The maximum Gasteiger partial charge on any atom is 0.190 e. The van der Waals surface area contributed by atoms with E-state index in [-0.39, 0.29) is 5.78 Å². The number of allylic oxidation sites excluding steroid dienone is 2. The van der Waals surface area contributed by atoms with Crippen LogP contribution in [0.5, 0.6) is 0 Å². The molecule has 0 aliphatic heterocycles. The summed E-state index contributed by atoms with van der Waals surface area (Å²) in [7, 11) is 0. The average molecular weight is 187 g/mol. The standard InChI is InChI=1S/C12H13NO/c1-9-6-7-13-8-11(9)12(14)10-4-2-3-5-10/h4,6-8H,2-3,5H2,1H3. The highest BCUT2D eigenvalue weighted by atomic mass is 16.1. The summed E-state index contributed by atoms with van der Waals surface area (Å²) >= 11 is 0. The van der Waals surface area contributed by atoms with Gasteiger partial charge in [0.15, 0.2) is 5.78 Å². The lowest BCUT2D eigenvalue weighted by atomic mass is 10.0. The molecule has 0 aromatic carbocycles. The molecule has 1 aromatic heterocycles. The first-order valence-electron chi connectivity index (χ1n) is 4.93. The molecule has 0 bridgehead atoms. The first kappa shape index (κ1) is 9.13.